The highest BCUT2D eigenvalue weighted by atomic mass is 32.1. The number of nitrogens with zero attached hydrogens (tertiary/aromatic N) is 2. The number of anilines is 1. The van der Waals surface area contributed by atoms with Crippen LogP contribution in [0.25, 0.3) is 0 Å². The molecule has 0 saturated carbocycles. The van der Waals surface area contributed by atoms with E-state index < -0.39 is 0 Å². The summed E-state index contributed by atoms with van der Waals surface area (Å²) in [6.45, 7) is 4.56. The minimum Gasteiger partial charge on any atom is -0.497 e. The van der Waals surface area contributed by atoms with Crippen molar-refractivity contribution in [3.05, 3.63) is 82.3 Å². The van der Waals surface area contributed by atoms with Crippen molar-refractivity contribution >= 4 is 29.0 Å². The molecular formula is C26H30FN3O3S. The van der Waals surface area contributed by atoms with Crippen LogP contribution in [0.5, 0.6) is 5.75 Å². The molecule has 3 rings (SSSR count). The highest BCUT2D eigenvalue weighted by molar-refractivity contribution is 7.09. The first-order chi connectivity index (χ1) is 16.4. The number of carbonyl (C=O) groups excluding carboxylic acids is 2. The first-order valence-electron chi connectivity index (χ1n) is 11.2. The van der Waals surface area contributed by atoms with Crippen molar-refractivity contribution < 1.29 is 18.7 Å². The van der Waals surface area contributed by atoms with Gasteiger partial charge in [0.05, 0.1) is 13.7 Å². The first kappa shape index (κ1) is 25.2. The van der Waals surface area contributed by atoms with E-state index in [1.54, 1.807) is 64.6 Å². The van der Waals surface area contributed by atoms with Crippen LogP contribution in [0.4, 0.5) is 14.9 Å². The zero-order valence-corrected chi connectivity index (χ0v) is 20.5. The number of carbonyl (C=O) groups is 2. The van der Waals surface area contributed by atoms with E-state index >= 15 is 0 Å². The number of hydrogen-bond donors (Lipinski definition) is 1. The summed E-state index contributed by atoms with van der Waals surface area (Å²) >= 11 is 1.56. The third-order valence-corrected chi connectivity index (χ3v) is 6.44. The zero-order valence-electron chi connectivity index (χ0n) is 19.7. The van der Waals surface area contributed by atoms with Gasteiger partial charge in [-0.25, -0.2) is 9.18 Å². The van der Waals surface area contributed by atoms with E-state index in [4.69, 9.17) is 4.74 Å². The van der Waals surface area contributed by atoms with E-state index in [2.05, 4.69) is 5.32 Å². The molecule has 1 unspecified atom stereocenters. The number of benzene rings is 2. The fraction of sp³-hybridized carbons (Fsp3) is 0.308. The highest BCUT2D eigenvalue weighted by Crippen LogP contribution is 2.19. The smallest absolute Gasteiger partial charge is 0.322 e. The van der Waals surface area contributed by atoms with Crippen LogP contribution in [0, 0.1) is 5.82 Å². The molecule has 3 aromatic rings. The molecule has 3 amide bonds. The lowest BCUT2D eigenvalue weighted by Crippen LogP contribution is -2.47. The van der Waals surface area contributed by atoms with E-state index in [0.29, 0.717) is 30.9 Å². The Hall–Kier alpha value is -3.39. The third-order valence-electron chi connectivity index (χ3n) is 5.58. The second-order valence-corrected chi connectivity index (χ2v) is 9.04. The molecular weight excluding hydrogens is 453 g/mol. The molecule has 2 aromatic carbocycles. The van der Waals surface area contributed by atoms with Crippen LogP contribution in [0.1, 0.15) is 30.7 Å². The van der Waals surface area contributed by atoms with Gasteiger partial charge in [-0.05, 0) is 54.6 Å². The number of halogens is 1. The summed E-state index contributed by atoms with van der Waals surface area (Å²) in [7, 11) is 1.56. The van der Waals surface area contributed by atoms with Gasteiger partial charge < -0.3 is 19.9 Å². The molecule has 1 atom stereocenters. The normalized spacial score (nSPS) is 11.5. The standard InChI is InChI=1S/C26H30FN3O3S/c1-4-19(2)30(26(32)28-22-7-5-8-23(15-22)33-3)18-25(31)29(17-24-9-6-14-34-24)16-20-10-12-21(27)13-11-20/h5-15,19H,4,16-18H2,1-3H3,(H,28,32). The van der Waals surface area contributed by atoms with E-state index in [1.165, 1.54) is 12.1 Å². The number of urea groups is 1. The van der Waals surface area contributed by atoms with Gasteiger partial charge in [0, 0.05) is 29.2 Å². The summed E-state index contributed by atoms with van der Waals surface area (Å²) in [6.07, 6.45) is 0.696. The quantitative estimate of drug-likeness (QED) is 0.399. The molecule has 0 bridgehead atoms. The largest absolute Gasteiger partial charge is 0.497 e. The number of nitrogens with one attached hydrogen (secondary N) is 1. The molecule has 1 aromatic heterocycles. The van der Waals surface area contributed by atoms with Crippen LogP contribution >= 0.6 is 11.3 Å². The van der Waals surface area contributed by atoms with E-state index in [1.807, 2.05) is 31.4 Å². The lowest BCUT2D eigenvalue weighted by Gasteiger charge is -2.31. The highest BCUT2D eigenvalue weighted by Gasteiger charge is 2.25. The summed E-state index contributed by atoms with van der Waals surface area (Å²) < 4.78 is 18.6. The maximum Gasteiger partial charge on any atom is 0.322 e. The van der Waals surface area contributed by atoms with Crippen molar-refractivity contribution in [2.75, 3.05) is 19.0 Å². The van der Waals surface area contributed by atoms with Crippen molar-refractivity contribution in [3.8, 4) is 5.75 Å². The van der Waals surface area contributed by atoms with Gasteiger partial charge in [-0.15, -0.1) is 11.3 Å². The van der Waals surface area contributed by atoms with Crippen LogP contribution in [0.3, 0.4) is 0 Å². The lowest BCUT2D eigenvalue weighted by molar-refractivity contribution is -0.133. The van der Waals surface area contributed by atoms with E-state index in [-0.39, 0.29) is 30.3 Å². The predicted molar refractivity (Wildman–Crippen MR) is 133 cm³/mol. The van der Waals surface area contributed by atoms with Crippen molar-refractivity contribution in [1.82, 2.24) is 9.80 Å². The maximum absolute atomic E-state index is 13.4. The number of rotatable bonds is 10. The summed E-state index contributed by atoms with van der Waals surface area (Å²) in [6, 6.07) is 16.6. The van der Waals surface area contributed by atoms with Crippen LogP contribution in [-0.4, -0.2) is 41.4 Å². The van der Waals surface area contributed by atoms with Gasteiger partial charge in [-0.1, -0.05) is 31.2 Å². The van der Waals surface area contributed by atoms with Gasteiger partial charge in [-0.2, -0.15) is 0 Å². The molecule has 0 aliphatic heterocycles. The van der Waals surface area contributed by atoms with Crippen molar-refractivity contribution in [2.45, 2.75) is 39.4 Å². The predicted octanol–water partition coefficient (Wildman–Crippen LogP) is 5.76. The van der Waals surface area contributed by atoms with Crippen LogP contribution < -0.4 is 10.1 Å². The average molecular weight is 484 g/mol. The molecule has 1 heterocycles. The van der Waals surface area contributed by atoms with Gasteiger partial charge in [0.1, 0.15) is 18.1 Å². The fourth-order valence-electron chi connectivity index (χ4n) is 3.42. The topological polar surface area (TPSA) is 61.9 Å². The number of thiophene rings is 1. The number of hydrogen-bond acceptors (Lipinski definition) is 4. The second kappa shape index (κ2) is 12.2. The van der Waals surface area contributed by atoms with Gasteiger partial charge in [0.2, 0.25) is 5.91 Å². The second-order valence-electron chi connectivity index (χ2n) is 8.00. The summed E-state index contributed by atoms with van der Waals surface area (Å²) in [5.41, 5.74) is 1.41. The Morgan fingerprint density at radius 1 is 1.09 bits per heavy atom. The molecule has 6 nitrogen and oxygen atoms in total. The third kappa shape index (κ3) is 7.05. The van der Waals surface area contributed by atoms with Crippen molar-refractivity contribution in [3.63, 3.8) is 0 Å². The zero-order chi connectivity index (χ0) is 24.5. The molecule has 0 aliphatic carbocycles. The van der Waals surface area contributed by atoms with E-state index in [9.17, 15) is 14.0 Å². The maximum atomic E-state index is 13.4. The molecule has 0 saturated heterocycles. The van der Waals surface area contributed by atoms with Gasteiger partial charge in [-0.3, -0.25) is 4.79 Å². The SMILES string of the molecule is CCC(C)N(CC(=O)N(Cc1ccc(F)cc1)Cc1cccs1)C(=O)Nc1cccc(OC)c1. The molecule has 180 valence electrons. The van der Waals surface area contributed by atoms with E-state index in [0.717, 1.165) is 10.4 Å². The summed E-state index contributed by atoms with van der Waals surface area (Å²) in [5, 5.41) is 4.84. The van der Waals surface area contributed by atoms with Crippen LogP contribution in [0.2, 0.25) is 0 Å². The van der Waals surface area contributed by atoms with Gasteiger partial charge in [0.25, 0.3) is 0 Å². The fourth-order valence-corrected chi connectivity index (χ4v) is 4.14. The molecule has 34 heavy (non-hydrogen) atoms. The van der Waals surface area contributed by atoms with Crippen molar-refractivity contribution in [1.29, 1.82) is 0 Å². The molecule has 0 spiro atoms. The molecule has 1 N–H and O–H groups in total. The minimum absolute atomic E-state index is 0.0720. The number of methoxy groups -OCH3 is 1. The Bertz CT molecular complexity index is 1070. The monoisotopic (exact) mass is 483 g/mol. The van der Waals surface area contributed by atoms with Gasteiger partial charge >= 0.3 is 6.03 Å². The first-order valence-corrected chi connectivity index (χ1v) is 12.0. The molecule has 0 aliphatic rings. The molecule has 8 heteroatoms. The summed E-state index contributed by atoms with van der Waals surface area (Å²) in [5.74, 6) is 0.126. The summed E-state index contributed by atoms with van der Waals surface area (Å²) in [4.78, 5) is 30.9. The average Bonchev–Trinajstić information content (AvgIpc) is 3.36. The Kier molecular flexibility index (Phi) is 9.04. The van der Waals surface area contributed by atoms with Gasteiger partial charge in [0.15, 0.2) is 0 Å². The van der Waals surface area contributed by atoms with Crippen molar-refractivity contribution in [2.24, 2.45) is 0 Å². The Labute approximate surface area is 204 Å². The molecule has 0 radical (unpaired) electrons. The Morgan fingerprint density at radius 2 is 1.85 bits per heavy atom. The Balaban J connectivity index is 1.77. The molecule has 0 fully saturated rings. The number of amides is 3. The van der Waals surface area contributed by atoms with Crippen LogP contribution in [-0.2, 0) is 17.9 Å². The number of ether oxygens (including phenoxy) is 1. The minimum atomic E-state index is -0.353. The Morgan fingerprint density at radius 3 is 2.50 bits per heavy atom. The lowest BCUT2D eigenvalue weighted by atomic mass is 10.2. The van der Waals surface area contributed by atoms with Crippen LogP contribution in [0.15, 0.2) is 66.0 Å².